The topological polar surface area (TPSA) is 86.3 Å². The van der Waals surface area contributed by atoms with Crippen molar-refractivity contribution in [2.24, 2.45) is 7.05 Å². The lowest BCUT2D eigenvalue weighted by Gasteiger charge is -2.36. The Kier molecular flexibility index (Phi) is 4.16. The first-order valence-electron chi connectivity index (χ1n) is 8.37. The van der Waals surface area contributed by atoms with E-state index in [1.165, 1.54) is 7.11 Å². The summed E-state index contributed by atoms with van der Waals surface area (Å²) in [6.07, 6.45) is 2.30. The van der Waals surface area contributed by atoms with Crippen LogP contribution in [0.5, 0.6) is 5.88 Å². The van der Waals surface area contributed by atoms with Gasteiger partial charge >= 0.3 is 0 Å². The van der Waals surface area contributed by atoms with Gasteiger partial charge in [0.1, 0.15) is 5.56 Å². The molecule has 2 aromatic heterocycles. The van der Waals surface area contributed by atoms with Gasteiger partial charge in [0.2, 0.25) is 11.8 Å². The summed E-state index contributed by atoms with van der Waals surface area (Å²) in [5, 5.41) is 8.17. The molecule has 0 unspecified atom stereocenters. The van der Waals surface area contributed by atoms with E-state index in [2.05, 4.69) is 15.2 Å². The number of carbonyl (C=O) groups is 1. The van der Waals surface area contributed by atoms with Gasteiger partial charge in [-0.3, -0.25) is 9.48 Å². The predicted molar refractivity (Wildman–Crippen MR) is 92.0 cm³/mol. The van der Waals surface area contributed by atoms with E-state index in [1.54, 1.807) is 22.8 Å². The summed E-state index contributed by atoms with van der Waals surface area (Å²) < 4.78 is 12.1. The second-order valence-electron chi connectivity index (χ2n) is 6.34. The van der Waals surface area contributed by atoms with Crippen LogP contribution in [0.1, 0.15) is 33.6 Å². The van der Waals surface area contributed by atoms with E-state index in [4.69, 9.17) is 9.26 Å². The van der Waals surface area contributed by atoms with Gasteiger partial charge in [-0.25, -0.2) is 0 Å². The molecule has 8 nitrogen and oxygen atoms in total. The van der Waals surface area contributed by atoms with Gasteiger partial charge in [-0.2, -0.15) is 4.98 Å². The number of benzene rings is 1. The lowest BCUT2D eigenvalue weighted by Crippen LogP contribution is -2.48. The predicted octanol–water partition coefficient (Wildman–Crippen LogP) is 1.64. The van der Waals surface area contributed by atoms with Crippen molar-refractivity contribution in [2.45, 2.75) is 12.3 Å². The first-order valence-corrected chi connectivity index (χ1v) is 8.37. The van der Waals surface area contributed by atoms with Gasteiger partial charge in [0.15, 0.2) is 5.82 Å². The number of aromatic nitrogens is 4. The number of likely N-dealkylation sites (tertiary alicyclic amines) is 1. The van der Waals surface area contributed by atoms with Crippen molar-refractivity contribution < 1.29 is 14.1 Å². The van der Waals surface area contributed by atoms with Crippen molar-refractivity contribution >= 4 is 5.91 Å². The Balaban J connectivity index is 1.38. The zero-order valence-electron chi connectivity index (χ0n) is 14.6. The van der Waals surface area contributed by atoms with Crippen molar-refractivity contribution in [3.05, 3.63) is 59.4 Å². The number of hydrogen-bond acceptors (Lipinski definition) is 6. The van der Waals surface area contributed by atoms with Crippen LogP contribution in [0.3, 0.4) is 0 Å². The standard InChI is InChI=1S/C18H19N5O3/c1-22-11-14(17(20-22)25-2)18(24)23-9-13(10-23)16-19-15(21-26-16)8-12-6-4-3-5-7-12/h3-7,11,13H,8-10H2,1-2H3. The third kappa shape index (κ3) is 3.05. The molecule has 0 bridgehead atoms. The third-order valence-corrected chi connectivity index (χ3v) is 4.43. The third-order valence-electron chi connectivity index (χ3n) is 4.43. The smallest absolute Gasteiger partial charge is 0.261 e. The molecule has 8 heteroatoms. The Labute approximate surface area is 150 Å². The Morgan fingerprint density at radius 1 is 1.31 bits per heavy atom. The average Bonchev–Trinajstić information content (AvgIpc) is 3.21. The van der Waals surface area contributed by atoms with Crippen molar-refractivity contribution in [1.82, 2.24) is 24.8 Å². The van der Waals surface area contributed by atoms with Gasteiger partial charge in [-0.1, -0.05) is 35.5 Å². The van der Waals surface area contributed by atoms with E-state index in [0.717, 1.165) is 5.56 Å². The van der Waals surface area contributed by atoms with Gasteiger partial charge in [-0.15, -0.1) is 5.10 Å². The van der Waals surface area contributed by atoms with Gasteiger partial charge in [-0.05, 0) is 5.56 Å². The van der Waals surface area contributed by atoms with Crippen molar-refractivity contribution in [2.75, 3.05) is 20.2 Å². The highest BCUT2D eigenvalue weighted by Crippen LogP contribution is 2.29. The minimum atomic E-state index is -0.102. The van der Waals surface area contributed by atoms with Crippen LogP contribution in [0.15, 0.2) is 41.1 Å². The number of rotatable bonds is 5. The number of aryl methyl sites for hydroxylation is 1. The highest BCUT2D eigenvalue weighted by atomic mass is 16.5. The number of carbonyl (C=O) groups excluding carboxylic acids is 1. The maximum absolute atomic E-state index is 12.6. The summed E-state index contributed by atoms with van der Waals surface area (Å²) in [7, 11) is 3.26. The zero-order chi connectivity index (χ0) is 18.1. The molecule has 26 heavy (non-hydrogen) atoms. The van der Waals surface area contributed by atoms with E-state index in [0.29, 0.717) is 42.7 Å². The number of methoxy groups -OCH3 is 1. The minimum absolute atomic E-state index is 0.0682. The molecule has 0 saturated carbocycles. The van der Waals surface area contributed by atoms with Crippen LogP contribution in [0.25, 0.3) is 0 Å². The van der Waals surface area contributed by atoms with Gasteiger partial charge in [0.05, 0.1) is 13.0 Å². The maximum Gasteiger partial charge on any atom is 0.261 e. The SMILES string of the molecule is COc1nn(C)cc1C(=O)N1CC(c2nc(Cc3ccccc3)no2)C1. The molecule has 134 valence electrons. The second kappa shape index (κ2) is 6.62. The summed E-state index contributed by atoms with van der Waals surface area (Å²) in [6, 6.07) is 10.0. The molecule has 1 saturated heterocycles. The quantitative estimate of drug-likeness (QED) is 0.693. The molecule has 0 N–H and O–H groups in total. The molecular formula is C18H19N5O3. The van der Waals surface area contributed by atoms with E-state index in [1.807, 2.05) is 30.3 Å². The van der Waals surface area contributed by atoms with Crippen LogP contribution >= 0.6 is 0 Å². The first kappa shape index (κ1) is 16.3. The van der Waals surface area contributed by atoms with E-state index in [-0.39, 0.29) is 11.8 Å². The highest BCUT2D eigenvalue weighted by Gasteiger charge is 2.37. The molecule has 1 aromatic carbocycles. The molecule has 0 radical (unpaired) electrons. The summed E-state index contributed by atoms with van der Waals surface area (Å²) in [6.45, 7) is 1.09. The molecular weight excluding hydrogens is 334 g/mol. The fourth-order valence-corrected chi connectivity index (χ4v) is 3.02. The molecule has 1 aliphatic heterocycles. The number of nitrogens with zero attached hydrogens (tertiary/aromatic N) is 5. The first-order chi connectivity index (χ1) is 12.6. The van der Waals surface area contributed by atoms with Crippen LogP contribution in [0.2, 0.25) is 0 Å². The average molecular weight is 353 g/mol. The Bertz CT molecular complexity index is 912. The normalized spacial score (nSPS) is 14.3. The maximum atomic E-state index is 12.6. The zero-order valence-corrected chi connectivity index (χ0v) is 14.6. The van der Waals surface area contributed by atoms with Crippen molar-refractivity contribution in [3.8, 4) is 5.88 Å². The fraction of sp³-hybridized carbons (Fsp3) is 0.333. The Morgan fingerprint density at radius 2 is 2.08 bits per heavy atom. The summed E-state index contributed by atoms with van der Waals surface area (Å²) >= 11 is 0. The largest absolute Gasteiger partial charge is 0.479 e. The molecule has 3 aromatic rings. The van der Waals surface area contributed by atoms with Crippen LogP contribution < -0.4 is 4.74 Å². The van der Waals surface area contributed by atoms with E-state index < -0.39 is 0 Å². The number of hydrogen-bond donors (Lipinski definition) is 0. The molecule has 0 spiro atoms. The van der Waals surface area contributed by atoms with E-state index >= 15 is 0 Å². The lowest BCUT2D eigenvalue weighted by atomic mass is 9.99. The fourth-order valence-electron chi connectivity index (χ4n) is 3.02. The van der Waals surface area contributed by atoms with Gasteiger partial charge in [0, 0.05) is 32.8 Å². The van der Waals surface area contributed by atoms with Gasteiger partial charge in [0.25, 0.3) is 5.91 Å². The molecule has 0 aliphatic carbocycles. The summed E-state index contributed by atoms with van der Waals surface area (Å²) in [5.74, 6) is 1.54. The number of ether oxygens (including phenoxy) is 1. The molecule has 1 aliphatic rings. The molecule has 1 amide bonds. The van der Waals surface area contributed by atoms with E-state index in [9.17, 15) is 4.79 Å². The van der Waals surface area contributed by atoms with Gasteiger partial charge < -0.3 is 14.2 Å². The number of amides is 1. The van der Waals surface area contributed by atoms with Crippen LogP contribution in [0, 0.1) is 0 Å². The van der Waals surface area contributed by atoms with Crippen molar-refractivity contribution in [1.29, 1.82) is 0 Å². The Hall–Kier alpha value is -3.16. The molecule has 1 fully saturated rings. The molecule has 4 rings (SSSR count). The molecule has 0 atom stereocenters. The van der Waals surface area contributed by atoms with Crippen LogP contribution in [-0.4, -0.2) is 50.9 Å². The highest BCUT2D eigenvalue weighted by molar-refractivity contribution is 5.96. The van der Waals surface area contributed by atoms with Crippen LogP contribution in [-0.2, 0) is 13.5 Å². The molecule has 3 heterocycles. The van der Waals surface area contributed by atoms with Crippen molar-refractivity contribution in [3.63, 3.8) is 0 Å². The van der Waals surface area contributed by atoms with Crippen LogP contribution in [0.4, 0.5) is 0 Å². The second-order valence-corrected chi connectivity index (χ2v) is 6.34. The Morgan fingerprint density at radius 3 is 2.81 bits per heavy atom. The lowest BCUT2D eigenvalue weighted by molar-refractivity contribution is 0.0566. The summed E-state index contributed by atoms with van der Waals surface area (Å²) in [5.41, 5.74) is 1.60. The monoisotopic (exact) mass is 353 g/mol. The minimum Gasteiger partial charge on any atom is -0.479 e. The summed E-state index contributed by atoms with van der Waals surface area (Å²) in [4.78, 5) is 18.8.